The van der Waals surface area contributed by atoms with Gasteiger partial charge in [0, 0.05) is 25.3 Å². The van der Waals surface area contributed by atoms with Crippen LogP contribution in [-0.2, 0) is 0 Å². The van der Waals surface area contributed by atoms with Gasteiger partial charge in [0.2, 0.25) is 0 Å². The van der Waals surface area contributed by atoms with Crippen LogP contribution in [0.4, 0.5) is 8.78 Å². The summed E-state index contributed by atoms with van der Waals surface area (Å²) in [6.07, 6.45) is 1.31. The van der Waals surface area contributed by atoms with Crippen molar-refractivity contribution in [1.29, 1.82) is 5.41 Å². The highest BCUT2D eigenvalue weighted by Gasteiger charge is 2.20. The van der Waals surface area contributed by atoms with Crippen molar-refractivity contribution >= 4 is 6.21 Å². The fourth-order valence-electron chi connectivity index (χ4n) is 2.01. The minimum absolute atomic E-state index is 0.0233. The molecule has 0 radical (unpaired) electrons. The van der Waals surface area contributed by atoms with Gasteiger partial charge in [-0.15, -0.1) is 10.2 Å². The fourth-order valence-corrected chi connectivity index (χ4v) is 2.01. The third kappa shape index (κ3) is 4.86. The number of nitrogens with zero attached hydrogens (tertiary/aromatic N) is 4. The molecule has 7 nitrogen and oxygen atoms in total. The molecule has 1 heterocycles. The maximum atomic E-state index is 12.6. The first kappa shape index (κ1) is 17.1. The van der Waals surface area contributed by atoms with E-state index in [0.29, 0.717) is 17.9 Å². The van der Waals surface area contributed by atoms with Crippen molar-refractivity contribution in [2.45, 2.75) is 25.6 Å². The van der Waals surface area contributed by atoms with Crippen molar-refractivity contribution in [3.8, 4) is 0 Å². The number of benzene rings is 1. The first-order chi connectivity index (χ1) is 11.1. The van der Waals surface area contributed by atoms with Crippen molar-refractivity contribution < 1.29 is 8.78 Å². The highest BCUT2D eigenvalue weighted by molar-refractivity contribution is 5.59. The van der Waals surface area contributed by atoms with Gasteiger partial charge in [-0.1, -0.05) is 35.1 Å². The molecular weight excluding hydrogens is 304 g/mol. The van der Waals surface area contributed by atoms with Crippen molar-refractivity contribution in [1.82, 2.24) is 30.8 Å². The van der Waals surface area contributed by atoms with Crippen LogP contribution in [0.5, 0.6) is 0 Å². The van der Waals surface area contributed by atoms with Crippen LogP contribution in [-0.4, -0.2) is 45.6 Å². The predicted octanol–water partition coefficient (Wildman–Crippen LogP) is 1.37. The quantitative estimate of drug-likeness (QED) is 0.479. The normalized spacial score (nSPS) is 13.9. The van der Waals surface area contributed by atoms with Gasteiger partial charge < -0.3 is 16.0 Å². The van der Waals surface area contributed by atoms with Crippen LogP contribution in [0.1, 0.15) is 30.9 Å². The third-order valence-corrected chi connectivity index (χ3v) is 3.20. The van der Waals surface area contributed by atoms with Crippen LogP contribution >= 0.6 is 0 Å². The van der Waals surface area contributed by atoms with Gasteiger partial charge in [-0.05, 0) is 17.7 Å². The molecule has 0 saturated heterocycles. The minimum Gasteiger partial charge on any atom is -0.311 e. The number of alkyl halides is 2. The smallest absolute Gasteiger partial charge is 0.311 e. The van der Waals surface area contributed by atoms with Gasteiger partial charge in [0.25, 0.3) is 0 Å². The SMILES string of the molecule is CC(C=N)NCCNC(c1ccccc1)c1nnn(C(F)F)n1. The molecule has 9 heteroatoms. The van der Waals surface area contributed by atoms with E-state index in [9.17, 15) is 8.78 Å². The molecule has 0 spiro atoms. The molecule has 1 aromatic heterocycles. The number of aromatic nitrogens is 4. The molecule has 0 saturated carbocycles. The molecule has 2 aromatic rings. The molecule has 1 aromatic carbocycles. The van der Waals surface area contributed by atoms with E-state index in [2.05, 4.69) is 26.0 Å². The van der Waals surface area contributed by atoms with Gasteiger partial charge in [0.1, 0.15) is 0 Å². The van der Waals surface area contributed by atoms with Crippen molar-refractivity contribution in [3.05, 3.63) is 41.7 Å². The molecule has 0 aliphatic heterocycles. The van der Waals surface area contributed by atoms with Gasteiger partial charge in [-0.25, -0.2) is 0 Å². The molecule has 2 rings (SSSR count). The summed E-state index contributed by atoms with van der Waals surface area (Å²) in [4.78, 5) is 0.294. The molecule has 0 bridgehead atoms. The van der Waals surface area contributed by atoms with Crippen LogP contribution < -0.4 is 10.6 Å². The zero-order valence-corrected chi connectivity index (χ0v) is 12.7. The molecule has 124 valence electrons. The summed E-state index contributed by atoms with van der Waals surface area (Å²) < 4.78 is 25.3. The lowest BCUT2D eigenvalue weighted by Crippen LogP contribution is -2.36. The van der Waals surface area contributed by atoms with Crippen LogP contribution in [0, 0.1) is 5.41 Å². The van der Waals surface area contributed by atoms with Gasteiger partial charge in [-0.3, -0.25) is 0 Å². The summed E-state index contributed by atoms with van der Waals surface area (Å²) in [7, 11) is 0. The Balaban J connectivity index is 2.07. The maximum Gasteiger partial charge on any atom is 0.350 e. The zero-order valence-electron chi connectivity index (χ0n) is 12.7. The lowest BCUT2D eigenvalue weighted by molar-refractivity contribution is 0.0393. The molecule has 0 aliphatic carbocycles. The second-order valence-corrected chi connectivity index (χ2v) is 4.95. The number of rotatable bonds is 9. The van der Waals surface area contributed by atoms with E-state index < -0.39 is 12.6 Å². The molecule has 23 heavy (non-hydrogen) atoms. The Morgan fingerprint density at radius 2 is 1.91 bits per heavy atom. The number of hydrogen-bond donors (Lipinski definition) is 3. The Hall–Kier alpha value is -2.26. The van der Waals surface area contributed by atoms with E-state index in [1.807, 2.05) is 37.3 Å². The Morgan fingerprint density at radius 3 is 2.52 bits per heavy atom. The van der Waals surface area contributed by atoms with Crippen LogP contribution in [0.2, 0.25) is 0 Å². The van der Waals surface area contributed by atoms with E-state index in [0.717, 1.165) is 5.56 Å². The summed E-state index contributed by atoms with van der Waals surface area (Å²) in [5, 5.41) is 24.3. The average molecular weight is 323 g/mol. The Morgan fingerprint density at radius 1 is 1.22 bits per heavy atom. The Kier molecular flexibility index (Phi) is 6.24. The lowest BCUT2D eigenvalue weighted by Gasteiger charge is -2.16. The van der Waals surface area contributed by atoms with Gasteiger partial charge >= 0.3 is 6.55 Å². The monoisotopic (exact) mass is 323 g/mol. The average Bonchev–Trinajstić information content (AvgIpc) is 3.05. The van der Waals surface area contributed by atoms with E-state index in [1.165, 1.54) is 6.21 Å². The Labute approximate surface area is 132 Å². The maximum absolute atomic E-state index is 12.6. The number of nitrogens with one attached hydrogen (secondary N) is 3. The van der Waals surface area contributed by atoms with Crippen molar-refractivity contribution in [2.24, 2.45) is 0 Å². The van der Waals surface area contributed by atoms with Crippen LogP contribution in [0.15, 0.2) is 30.3 Å². The van der Waals surface area contributed by atoms with Gasteiger partial charge in [-0.2, -0.15) is 8.78 Å². The largest absolute Gasteiger partial charge is 0.350 e. The highest BCUT2D eigenvalue weighted by Crippen LogP contribution is 2.18. The first-order valence-corrected chi connectivity index (χ1v) is 7.21. The molecule has 0 fully saturated rings. The number of tetrazole rings is 1. The van der Waals surface area contributed by atoms with Crippen LogP contribution in [0.3, 0.4) is 0 Å². The Bertz CT molecular complexity index is 602. The lowest BCUT2D eigenvalue weighted by atomic mass is 10.1. The molecule has 0 aliphatic rings. The number of halogens is 2. The summed E-state index contributed by atoms with van der Waals surface area (Å²) >= 11 is 0. The zero-order chi connectivity index (χ0) is 16.7. The molecule has 2 atom stereocenters. The van der Waals surface area contributed by atoms with Crippen molar-refractivity contribution in [2.75, 3.05) is 13.1 Å². The summed E-state index contributed by atoms with van der Waals surface area (Å²) in [6.45, 7) is 0.226. The van der Waals surface area contributed by atoms with Gasteiger partial charge in [0.05, 0.1) is 6.04 Å². The third-order valence-electron chi connectivity index (χ3n) is 3.20. The van der Waals surface area contributed by atoms with E-state index in [-0.39, 0.29) is 11.9 Å². The molecule has 2 unspecified atom stereocenters. The second-order valence-electron chi connectivity index (χ2n) is 4.95. The van der Waals surface area contributed by atoms with E-state index in [4.69, 9.17) is 5.41 Å². The number of hydrogen-bond acceptors (Lipinski definition) is 6. The second kappa shape index (κ2) is 8.39. The summed E-state index contributed by atoms with van der Waals surface area (Å²) in [5.74, 6) is 0.191. The topological polar surface area (TPSA) is 91.5 Å². The van der Waals surface area contributed by atoms with Crippen molar-refractivity contribution in [3.63, 3.8) is 0 Å². The molecular formula is C14H19F2N7. The molecule has 0 amide bonds. The van der Waals surface area contributed by atoms with Crippen LogP contribution in [0.25, 0.3) is 0 Å². The predicted molar refractivity (Wildman–Crippen MR) is 81.6 cm³/mol. The first-order valence-electron chi connectivity index (χ1n) is 7.21. The molecule has 3 N–H and O–H groups in total. The minimum atomic E-state index is -2.82. The summed E-state index contributed by atoms with van der Waals surface area (Å²) in [6, 6.07) is 8.87. The highest BCUT2D eigenvalue weighted by atomic mass is 19.3. The van der Waals surface area contributed by atoms with E-state index >= 15 is 0 Å². The van der Waals surface area contributed by atoms with E-state index in [1.54, 1.807) is 0 Å². The van der Waals surface area contributed by atoms with Gasteiger partial charge in [0.15, 0.2) is 5.82 Å². The summed E-state index contributed by atoms with van der Waals surface area (Å²) in [5.41, 5.74) is 0.862. The standard InChI is InChI=1S/C14H19F2N7/c1-10(9-17)18-7-8-19-12(11-5-3-2-4-6-11)13-20-22-23(21-13)14(15)16/h2-6,9-10,12,14,17-19H,7-8H2,1H3. The fraction of sp³-hybridized carbons (Fsp3) is 0.429.